The van der Waals surface area contributed by atoms with Crippen LogP contribution in [0.3, 0.4) is 0 Å². The number of carbonyl (C=O) groups excluding carboxylic acids is 1. The van der Waals surface area contributed by atoms with Crippen LogP contribution >= 0.6 is 11.8 Å². The van der Waals surface area contributed by atoms with Crippen LogP contribution in [0.1, 0.15) is 13.3 Å². The van der Waals surface area contributed by atoms with Crippen molar-refractivity contribution >= 4 is 23.8 Å². The van der Waals surface area contributed by atoms with Crippen LogP contribution in [0.15, 0.2) is 11.6 Å². The highest BCUT2D eigenvalue weighted by molar-refractivity contribution is 8.00. The van der Waals surface area contributed by atoms with Crippen LogP contribution in [0.2, 0.25) is 0 Å². The van der Waals surface area contributed by atoms with Gasteiger partial charge in [0.15, 0.2) is 0 Å². The second kappa shape index (κ2) is 6.49. The van der Waals surface area contributed by atoms with E-state index in [1.807, 2.05) is 13.0 Å². The average molecular weight is 300 g/mol. The van der Waals surface area contributed by atoms with Gasteiger partial charge in [-0.25, -0.2) is 9.59 Å². The van der Waals surface area contributed by atoms with E-state index in [0.717, 1.165) is 6.42 Å². The Hall–Kier alpha value is -1.21. The van der Waals surface area contributed by atoms with Crippen LogP contribution in [0, 0.1) is 0 Å². The summed E-state index contributed by atoms with van der Waals surface area (Å²) in [5.74, 6) is -0.469. The highest BCUT2D eigenvalue weighted by atomic mass is 32.2. The number of hydrogen-bond acceptors (Lipinski definition) is 4. The molecule has 2 amide bonds. The Morgan fingerprint density at radius 1 is 1.55 bits per heavy atom. The van der Waals surface area contributed by atoms with Gasteiger partial charge in [0.25, 0.3) is 0 Å². The van der Waals surface area contributed by atoms with Crippen molar-refractivity contribution in [1.82, 2.24) is 9.80 Å². The van der Waals surface area contributed by atoms with E-state index in [2.05, 4.69) is 0 Å². The molecule has 0 saturated carbocycles. The maximum Gasteiger partial charge on any atom is 0.327 e. The number of rotatable bonds is 3. The summed E-state index contributed by atoms with van der Waals surface area (Å²) >= 11 is 1.50. The molecule has 0 aromatic carbocycles. The Labute approximate surface area is 122 Å². The molecule has 20 heavy (non-hydrogen) atoms. The molecule has 0 aromatic heterocycles. The Morgan fingerprint density at radius 3 is 2.85 bits per heavy atom. The Morgan fingerprint density at radius 2 is 2.30 bits per heavy atom. The number of carbonyl (C=O) groups is 2. The van der Waals surface area contributed by atoms with Crippen LogP contribution in [0.4, 0.5) is 4.79 Å². The van der Waals surface area contributed by atoms with E-state index in [1.165, 1.54) is 22.2 Å². The van der Waals surface area contributed by atoms with Gasteiger partial charge in [-0.05, 0) is 18.9 Å². The topological polar surface area (TPSA) is 70.1 Å². The molecule has 2 aliphatic heterocycles. The molecule has 0 aliphatic carbocycles. The normalized spacial score (nSPS) is 26.6. The van der Waals surface area contributed by atoms with Gasteiger partial charge in [-0.2, -0.15) is 0 Å². The van der Waals surface area contributed by atoms with Crippen molar-refractivity contribution in [3.63, 3.8) is 0 Å². The minimum atomic E-state index is -0.928. The molecule has 2 heterocycles. The predicted octanol–water partition coefficient (Wildman–Crippen LogP) is 1.23. The standard InChI is InChI=1S/C13H20N2O4S/c1-9-15(11(8-20-9)12(16)17)13(18)14-5-3-10(4-6-14)7-19-2/h3,9,11H,4-8H2,1-2H3,(H,16,17). The number of hydrogen-bond donors (Lipinski definition) is 1. The molecular weight excluding hydrogens is 280 g/mol. The molecule has 0 radical (unpaired) electrons. The molecule has 2 aliphatic rings. The highest BCUT2D eigenvalue weighted by Crippen LogP contribution is 2.30. The summed E-state index contributed by atoms with van der Waals surface area (Å²) in [6, 6.07) is -0.894. The fraction of sp³-hybridized carbons (Fsp3) is 0.692. The number of carboxylic acid groups (broad SMARTS) is 1. The first-order valence-corrected chi connectivity index (χ1v) is 7.68. The molecule has 0 bridgehead atoms. The minimum Gasteiger partial charge on any atom is -0.480 e. The number of ether oxygens (including phenoxy) is 1. The van der Waals surface area contributed by atoms with E-state index in [9.17, 15) is 14.7 Å². The fourth-order valence-corrected chi connectivity index (χ4v) is 3.65. The number of methoxy groups -OCH3 is 1. The Bertz CT molecular complexity index is 427. The summed E-state index contributed by atoms with van der Waals surface area (Å²) in [7, 11) is 1.65. The molecule has 0 spiro atoms. The van der Waals surface area contributed by atoms with Gasteiger partial charge in [0.05, 0.1) is 12.0 Å². The summed E-state index contributed by atoms with van der Waals surface area (Å²) in [4.78, 5) is 26.9. The number of nitrogens with zero attached hydrogens (tertiary/aromatic N) is 2. The second-order valence-corrected chi connectivity index (χ2v) is 6.32. The quantitative estimate of drug-likeness (QED) is 0.794. The number of carboxylic acids is 1. The van der Waals surface area contributed by atoms with Crippen molar-refractivity contribution in [3.05, 3.63) is 11.6 Å². The van der Waals surface area contributed by atoms with E-state index in [-0.39, 0.29) is 11.4 Å². The van der Waals surface area contributed by atoms with Crippen molar-refractivity contribution in [2.45, 2.75) is 24.8 Å². The lowest BCUT2D eigenvalue weighted by Crippen LogP contribution is -2.52. The summed E-state index contributed by atoms with van der Waals surface area (Å²) in [6.45, 7) is 3.61. The minimum absolute atomic E-state index is 0.0899. The van der Waals surface area contributed by atoms with Crippen molar-refractivity contribution in [3.8, 4) is 0 Å². The number of urea groups is 1. The molecular formula is C13H20N2O4S. The molecule has 2 rings (SSSR count). The SMILES string of the molecule is COCC1=CCN(C(=O)N2C(C)SCC2C(=O)O)CC1. The lowest BCUT2D eigenvalue weighted by Gasteiger charge is -2.33. The molecule has 2 unspecified atom stereocenters. The number of thioether (sulfide) groups is 1. The third kappa shape index (κ3) is 3.09. The molecule has 0 aromatic rings. The summed E-state index contributed by atoms with van der Waals surface area (Å²) in [5.41, 5.74) is 1.19. The van der Waals surface area contributed by atoms with Gasteiger partial charge >= 0.3 is 12.0 Å². The zero-order chi connectivity index (χ0) is 14.7. The van der Waals surface area contributed by atoms with E-state index in [1.54, 1.807) is 12.0 Å². The summed E-state index contributed by atoms with van der Waals surface area (Å²) < 4.78 is 5.08. The van der Waals surface area contributed by atoms with Crippen molar-refractivity contribution < 1.29 is 19.4 Å². The smallest absolute Gasteiger partial charge is 0.327 e. The first-order valence-electron chi connectivity index (χ1n) is 6.63. The Balaban J connectivity index is 2.02. The number of aliphatic carboxylic acids is 1. The summed E-state index contributed by atoms with van der Waals surface area (Å²) in [5, 5.41) is 9.12. The molecule has 1 fully saturated rings. The van der Waals surface area contributed by atoms with Gasteiger partial charge in [0.1, 0.15) is 6.04 Å². The number of amides is 2. The fourth-order valence-electron chi connectivity index (χ4n) is 2.49. The first-order chi connectivity index (χ1) is 9.54. The zero-order valence-electron chi connectivity index (χ0n) is 11.7. The third-order valence-corrected chi connectivity index (χ3v) is 4.85. The lowest BCUT2D eigenvalue weighted by molar-refractivity contribution is -0.141. The summed E-state index contributed by atoms with van der Waals surface area (Å²) in [6.07, 6.45) is 2.78. The second-order valence-electron chi connectivity index (χ2n) is 4.97. The van der Waals surface area contributed by atoms with Crippen molar-refractivity contribution in [1.29, 1.82) is 0 Å². The Kier molecular flexibility index (Phi) is 4.93. The van der Waals surface area contributed by atoms with Crippen LogP contribution in [-0.2, 0) is 9.53 Å². The van der Waals surface area contributed by atoms with Gasteiger partial charge < -0.3 is 14.7 Å². The molecule has 1 saturated heterocycles. The van der Waals surface area contributed by atoms with Gasteiger partial charge in [0, 0.05) is 26.0 Å². The van der Waals surface area contributed by atoms with Crippen LogP contribution < -0.4 is 0 Å². The molecule has 1 N–H and O–H groups in total. The highest BCUT2D eigenvalue weighted by Gasteiger charge is 2.41. The van der Waals surface area contributed by atoms with Crippen molar-refractivity contribution in [2.75, 3.05) is 32.6 Å². The van der Waals surface area contributed by atoms with Gasteiger partial charge in [-0.15, -0.1) is 11.8 Å². The van der Waals surface area contributed by atoms with E-state index in [0.29, 0.717) is 25.4 Å². The maximum absolute atomic E-state index is 12.5. The lowest BCUT2D eigenvalue weighted by atomic mass is 10.1. The van der Waals surface area contributed by atoms with E-state index >= 15 is 0 Å². The predicted molar refractivity (Wildman–Crippen MR) is 76.7 cm³/mol. The zero-order valence-corrected chi connectivity index (χ0v) is 12.6. The molecule has 7 heteroatoms. The van der Waals surface area contributed by atoms with Crippen molar-refractivity contribution in [2.24, 2.45) is 0 Å². The van der Waals surface area contributed by atoms with Gasteiger partial charge in [0.2, 0.25) is 0 Å². The average Bonchev–Trinajstić information content (AvgIpc) is 2.81. The maximum atomic E-state index is 12.5. The van der Waals surface area contributed by atoms with Crippen LogP contribution in [0.5, 0.6) is 0 Å². The van der Waals surface area contributed by atoms with E-state index in [4.69, 9.17) is 4.74 Å². The van der Waals surface area contributed by atoms with Crippen LogP contribution in [0.25, 0.3) is 0 Å². The molecule has 2 atom stereocenters. The largest absolute Gasteiger partial charge is 0.480 e. The van der Waals surface area contributed by atoms with Gasteiger partial charge in [-0.3, -0.25) is 4.90 Å². The third-order valence-electron chi connectivity index (χ3n) is 3.63. The van der Waals surface area contributed by atoms with Gasteiger partial charge in [-0.1, -0.05) is 6.08 Å². The molecule has 6 nitrogen and oxygen atoms in total. The monoisotopic (exact) mass is 300 g/mol. The van der Waals surface area contributed by atoms with Crippen LogP contribution in [-0.4, -0.2) is 70.9 Å². The van der Waals surface area contributed by atoms with E-state index < -0.39 is 12.0 Å². The molecule has 112 valence electrons. The first kappa shape index (κ1) is 15.2.